The number of aryl methyl sites for hydroxylation is 2. The van der Waals surface area contributed by atoms with E-state index in [4.69, 9.17) is 14.2 Å². The number of allylic oxidation sites excluding steroid dienone is 1. The molecule has 33 heavy (non-hydrogen) atoms. The molecule has 0 saturated heterocycles. The van der Waals surface area contributed by atoms with Crippen molar-refractivity contribution in [3.05, 3.63) is 52.8 Å². The Balaban J connectivity index is 2.49. The van der Waals surface area contributed by atoms with Crippen LogP contribution in [0.4, 0.5) is 4.79 Å². The lowest BCUT2D eigenvalue weighted by Crippen LogP contribution is -2.21. The maximum Gasteiger partial charge on any atom is 0.511 e. The van der Waals surface area contributed by atoms with Gasteiger partial charge in [-0.2, -0.15) is 5.10 Å². The fourth-order valence-electron chi connectivity index (χ4n) is 3.22. The highest BCUT2D eigenvalue weighted by Gasteiger charge is 2.22. The van der Waals surface area contributed by atoms with Gasteiger partial charge in [0.2, 0.25) is 6.29 Å². The lowest BCUT2D eigenvalue weighted by atomic mass is 9.86. The van der Waals surface area contributed by atoms with Crippen molar-refractivity contribution in [2.24, 2.45) is 18.0 Å². The van der Waals surface area contributed by atoms with Crippen molar-refractivity contribution < 1.29 is 19.0 Å². The number of nitrogens with zero attached hydrogens (tertiary/aromatic N) is 3. The van der Waals surface area contributed by atoms with Gasteiger partial charge in [0, 0.05) is 32.8 Å². The van der Waals surface area contributed by atoms with Crippen LogP contribution in [-0.4, -0.2) is 42.1 Å². The summed E-state index contributed by atoms with van der Waals surface area (Å²) in [5.74, 6) is 0.724. The van der Waals surface area contributed by atoms with Crippen LogP contribution in [0.15, 0.2) is 35.3 Å². The third-order valence-electron chi connectivity index (χ3n) is 4.88. The number of carbonyl (C=O) groups excluding carboxylic acids is 1. The minimum absolute atomic E-state index is 0.0401. The Hall–Kier alpha value is -3.09. The summed E-state index contributed by atoms with van der Waals surface area (Å²) in [4.78, 5) is 16.3. The number of aliphatic imine (C=N–C) groups is 1. The van der Waals surface area contributed by atoms with Gasteiger partial charge in [-0.1, -0.05) is 58.9 Å². The van der Waals surface area contributed by atoms with E-state index in [9.17, 15) is 4.79 Å². The second-order valence-corrected chi connectivity index (χ2v) is 9.51. The van der Waals surface area contributed by atoms with Crippen molar-refractivity contribution in [2.75, 3.05) is 13.7 Å². The predicted molar refractivity (Wildman–Crippen MR) is 132 cm³/mol. The highest BCUT2D eigenvalue weighted by Crippen LogP contribution is 2.30. The van der Waals surface area contributed by atoms with E-state index in [1.807, 2.05) is 46.0 Å². The highest BCUT2D eigenvalue weighted by molar-refractivity contribution is 6.18. The van der Waals surface area contributed by atoms with Gasteiger partial charge in [0.05, 0.1) is 12.3 Å². The molecule has 7 heteroatoms. The monoisotopic (exact) mass is 455 g/mol. The van der Waals surface area contributed by atoms with E-state index in [1.165, 1.54) is 5.56 Å². The lowest BCUT2D eigenvalue weighted by molar-refractivity contribution is -0.0690. The van der Waals surface area contributed by atoms with Crippen LogP contribution in [0.2, 0.25) is 0 Å². The van der Waals surface area contributed by atoms with Crippen LogP contribution in [0.3, 0.4) is 0 Å². The Labute approximate surface area is 197 Å². The van der Waals surface area contributed by atoms with Crippen LogP contribution < -0.4 is 0 Å². The minimum Gasteiger partial charge on any atom is -0.452 e. The van der Waals surface area contributed by atoms with E-state index in [0.717, 1.165) is 22.5 Å². The number of hydrogen-bond donors (Lipinski definition) is 0. The Morgan fingerprint density at radius 3 is 2.27 bits per heavy atom. The number of benzene rings is 1. The van der Waals surface area contributed by atoms with E-state index < -0.39 is 12.4 Å². The maximum absolute atomic E-state index is 12.1. The summed E-state index contributed by atoms with van der Waals surface area (Å²) in [6.45, 7) is 14.3. The van der Waals surface area contributed by atoms with Gasteiger partial charge in [0.15, 0.2) is 5.76 Å². The molecule has 0 spiro atoms. The number of carbonyl (C=O) groups is 1. The van der Waals surface area contributed by atoms with Crippen molar-refractivity contribution in [1.29, 1.82) is 0 Å². The molecule has 1 aromatic heterocycles. The SMILES string of the molecule is CN=C/C(=C(/OC(C)OC(=O)OCC(C)C)c1cc(C)nn1C)c1ccc(C(C)(C)C)cc1. The summed E-state index contributed by atoms with van der Waals surface area (Å²) in [5.41, 5.74) is 4.53. The number of ether oxygens (including phenoxy) is 3. The molecule has 7 nitrogen and oxygen atoms in total. The Bertz CT molecular complexity index is 996. The third kappa shape index (κ3) is 7.48. The van der Waals surface area contributed by atoms with Crippen molar-refractivity contribution >= 4 is 23.7 Å². The van der Waals surface area contributed by atoms with Gasteiger partial charge in [-0.25, -0.2) is 4.79 Å². The Morgan fingerprint density at radius 2 is 1.79 bits per heavy atom. The van der Waals surface area contributed by atoms with Crippen LogP contribution in [0.25, 0.3) is 11.3 Å². The van der Waals surface area contributed by atoms with E-state index in [-0.39, 0.29) is 17.9 Å². The van der Waals surface area contributed by atoms with Gasteiger partial charge in [-0.15, -0.1) is 0 Å². The summed E-state index contributed by atoms with van der Waals surface area (Å²) < 4.78 is 18.4. The van der Waals surface area contributed by atoms with E-state index >= 15 is 0 Å². The second kappa shape index (κ2) is 11.2. The summed E-state index contributed by atoms with van der Waals surface area (Å²) in [5, 5.41) is 4.46. The van der Waals surface area contributed by atoms with Crippen LogP contribution in [0.5, 0.6) is 0 Å². The quantitative estimate of drug-likeness (QED) is 0.219. The van der Waals surface area contributed by atoms with Gasteiger partial charge in [0.1, 0.15) is 5.69 Å². The molecule has 0 N–H and O–H groups in total. The summed E-state index contributed by atoms with van der Waals surface area (Å²) in [6, 6.07) is 10.2. The molecule has 1 aromatic carbocycles. The molecular formula is C26H37N3O4. The molecule has 0 radical (unpaired) electrons. The summed E-state index contributed by atoms with van der Waals surface area (Å²) in [6.07, 6.45) is 0.0917. The van der Waals surface area contributed by atoms with Crippen molar-refractivity contribution in [1.82, 2.24) is 9.78 Å². The second-order valence-electron chi connectivity index (χ2n) is 9.51. The third-order valence-corrected chi connectivity index (χ3v) is 4.88. The van der Waals surface area contributed by atoms with Crippen molar-refractivity contribution in [3.63, 3.8) is 0 Å². The molecule has 0 amide bonds. The standard InChI is InChI=1S/C26H37N3O4/c1-17(2)16-31-25(30)33-19(4)32-24(23-14-18(3)28-29(23)9)22(15-27-8)20-10-12-21(13-11-20)26(5,6)7/h10-15,17,19H,16H2,1-9H3/b24-22-,27-15?. The topological polar surface area (TPSA) is 74.9 Å². The molecule has 1 heterocycles. The van der Waals surface area contributed by atoms with Gasteiger partial charge in [-0.3, -0.25) is 9.67 Å². The smallest absolute Gasteiger partial charge is 0.452 e. The number of aromatic nitrogens is 2. The van der Waals surface area contributed by atoms with Crippen LogP contribution in [-0.2, 0) is 26.7 Å². The van der Waals surface area contributed by atoms with Crippen LogP contribution in [0, 0.1) is 12.8 Å². The Kier molecular flexibility index (Phi) is 8.85. The molecule has 1 unspecified atom stereocenters. The van der Waals surface area contributed by atoms with E-state index in [0.29, 0.717) is 5.76 Å². The van der Waals surface area contributed by atoms with E-state index in [2.05, 4.69) is 43.0 Å². The van der Waals surface area contributed by atoms with Gasteiger partial charge >= 0.3 is 6.16 Å². The lowest BCUT2D eigenvalue weighted by Gasteiger charge is -2.21. The first-order valence-electron chi connectivity index (χ1n) is 11.2. The predicted octanol–water partition coefficient (Wildman–Crippen LogP) is 5.77. The molecule has 0 bridgehead atoms. The van der Waals surface area contributed by atoms with Crippen LogP contribution in [0.1, 0.15) is 64.1 Å². The molecule has 1 atom stereocenters. The van der Waals surface area contributed by atoms with Gasteiger partial charge in [0.25, 0.3) is 0 Å². The molecule has 180 valence electrons. The zero-order valence-electron chi connectivity index (χ0n) is 21.3. The average Bonchev–Trinajstić information content (AvgIpc) is 3.06. The average molecular weight is 456 g/mol. The number of hydrogen-bond acceptors (Lipinski definition) is 6. The van der Waals surface area contributed by atoms with Crippen LogP contribution >= 0.6 is 0 Å². The minimum atomic E-state index is -0.885. The van der Waals surface area contributed by atoms with Gasteiger partial charge in [-0.05, 0) is 35.4 Å². The first-order chi connectivity index (χ1) is 15.4. The molecular weight excluding hydrogens is 418 g/mol. The summed E-state index contributed by atoms with van der Waals surface area (Å²) in [7, 11) is 3.55. The number of rotatable bonds is 8. The largest absolute Gasteiger partial charge is 0.511 e. The zero-order chi connectivity index (χ0) is 24.8. The fraction of sp³-hybridized carbons (Fsp3) is 0.500. The first-order valence-corrected chi connectivity index (χ1v) is 11.2. The maximum atomic E-state index is 12.1. The first kappa shape index (κ1) is 26.2. The van der Waals surface area contributed by atoms with Crippen molar-refractivity contribution in [3.8, 4) is 0 Å². The normalized spacial score (nSPS) is 13.8. The molecule has 0 saturated carbocycles. The molecule has 0 aliphatic rings. The fourth-order valence-corrected chi connectivity index (χ4v) is 3.22. The van der Waals surface area contributed by atoms with Crippen molar-refractivity contribution in [2.45, 2.75) is 60.2 Å². The molecule has 2 aromatic rings. The molecule has 0 fully saturated rings. The highest BCUT2D eigenvalue weighted by atomic mass is 16.8. The molecule has 2 rings (SSSR count). The summed E-state index contributed by atoms with van der Waals surface area (Å²) >= 11 is 0. The Morgan fingerprint density at radius 1 is 1.15 bits per heavy atom. The van der Waals surface area contributed by atoms with Gasteiger partial charge < -0.3 is 14.2 Å². The zero-order valence-corrected chi connectivity index (χ0v) is 21.3. The molecule has 0 aliphatic heterocycles. The van der Waals surface area contributed by atoms with E-state index in [1.54, 1.807) is 24.9 Å². The molecule has 0 aliphatic carbocycles.